The predicted molar refractivity (Wildman–Crippen MR) is 116 cm³/mol. The van der Waals surface area contributed by atoms with Gasteiger partial charge in [-0.1, -0.05) is 78.9 Å². The van der Waals surface area contributed by atoms with Crippen LogP contribution in [0.1, 0.15) is 0 Å². The molecule has 0 unspecified atom stereocenters. The summed E-state index contributed by atoms with van der Waals surface area (Å²) >= 11 is 0. The minimum atomic E-state index is 0.132. The van der Waals surface area contributed by atoms with Gasteiger partial charge in [-0.3, -0.25) is 0 Å². The van der Waals surface area contributed by atoms with Crippen molar-refractivity contribution in [3.05, 3.63) is 97.1 Å². The molecule has 0 bridgehead atoms. The van der Waals surface area contributed by atoms with Gasteiger partial charge in [0.05, 0.1) is 0 Å². The number of aromatic hydroxyl groups is 2. The average Bonchev–Trinajstić information content (AvgIpc) is 2.74. The third-order valence-electron chi connectivity index (χ3n) is 5.24. The normalized spacial score (nSPS) is 11.1. The third kappa shape index (κ3) is 2.50. The smallest absolute Gasteiger partial charge is 0.123 e. The summed E-state index contributed by atoms with van der Waals surface area (Å²) in [5.41, 5.74) is 3.89. The molecular weight excluding hydrogens is 344 g/mol. The van der Waals surface area contributed by atoms with Crippen LogP contribution in [-0.4, -0.2) is 10.2 Å². The first kappa shape index (κ1) is 16.4. The minimum Gasteiger partial charge on any atom is -0.508 e. The maximum Gasteiger partial charge on any atom is 0.123 e. The van der Waals surface area contributed by atoms with Gasteiger partial charge in [-0.15, -0.1) is 0 Å². The summed E-state index contributed by atoms with van der Waals surface area (Å²) in [6.07, 6.45) is 0. The maximum atomic E-state index is 10.6. The molecule has 0 aliphatic rings. The lowest BCUT2D eigenvalue weighted by Gasteiger charge is -2.18. The quantitative estimate of drug-likeness (QED) is 0.270. The largest absolute Gasteiger partial charge is 0.508 e. The summed E-state index contributed by atoms with van der Waals surface area (Å²) in [5.74, 6) is 0.286. The van der Waals surface area contributed by atoms with Crippen molar-refractivity contribution in [2.24, 2.45) is 0 Å². The summed E-state index contributed by atoms with van der Waals surface area (Å²) in [4.78, 5) is 0. The zero-order valence-corrected chi connectivity index (χ0v) is 15.1. The molecule has 5 rings (SSSR count). The molecule has 0 saturated carbocycles. The Kier molecular flexibility index (Phi) is 3.77. The molecule has 28 heavy (non-hydrogen) atoms. The van der Waals surface area contributed by atoms with Gasteiger partial charge in [0.15, 0.2) is 0 Å². The molecule has 0 spiro atoms. The molecule has 5 aromatic rings. The molecule has 0 radical (unpaired) electrons. The number of fused-ring (bicyclic) bond motifs is 2. The molecule has 5 aromatic carbocycles. The van der Waals surface area contributed by atoms with Crippen LogP contribution in [0, 0.1) is 0 Å². The molecule has 2 heteroatoms. The monoisotopic (exact) mass is 362 g/mol. The van der Waals surface area contributed by atoms with Gasteiger partial charge in [0.1, 0.15) is 11.5 Å². The van der Waals surface area contributed by atoms with E-state index in [1.165, 1.54) is 11.6 Å². The van der Waals surface area contributed by atoms with Crippen molar-refractivity contribution in [1.82, 2.24) is 0 Å². The molecule has 0 heterocycles. The maximum absolute atomic E-state index is 10.6. The first-order valence-corrected chi connectivity index (χ1v) is 9.25. The first-order valence-electron chi connectivity index (χ1n) is 9.25. The van der Waals surface area contributed by atoms with Crippen molar-refractivity contribution in [3.8, 4) is 33.8 Å². The number of phenols is 2. The Hall–Kier alpha value is -3.78. The second kappa shape index (κ2) is 6.43. The van der Waals surface area contributed by atoms with Gasteiger partial charge >= 0.3 is 0 Å². The fourth-order valence-electron chi connectivity index (χ4n) is 4.06. The first-order chi connectivity index (χ1) is 13.7. The molecule has 0 aliphatic carbocycles. The molecular formula is C26H18O2. The molecule has 0 atom stereocenters. The zero-order valence-electron chi connectivity index (χ0n) is 15.1. The van der Waals surface area contributed by atoms with Crippen LogP contribution in [0.5, 0.6) is 11.5 Å². The molecule has 0 aromatic heterocycles. The Labute approximate surface area is 162 Å². The zero-order chi connectivity index (χ0) is 19.1. The van der Waals surface area contributed by atoms with Gasteiger partial charge in [-0.25, -0.2) is 0 Å². The van der Waals surface area contributed by atoms with Gasteiger partial charge in [0.25, 0.3) is 0 Å². The Morgan fingerprint density at radius 2 is 0.964 bits per heavy atom. The van der Waals surface area contributed by atoms with E-state index in [2.05, 4.69) is 36.4 Å². The Morgan fingerprint density at radius 1 is 0.464 bits per heavy atom. The number of benzene rings is 5. The number of hydrogen-bond donors (Lipinski definition) is 2. The summed E-state index contributed by atoms with van der Waals surface area (Å²) in [6, 6.07) is 31.5. The molecule has 0 fully saturated rings. The molecule has 2 nitrogen and oxygen atoms in total. The van der Waals surface area contributed by atoms with Crippen molar-refractivity contribution in [2.45, 2.75) is 0 Å². The number of hydrogen-bond acceptors (Lipinski definition) is 2. The summed E-state index contributed by atoms with van der Waals surface area (Å²) in [5, 5.41) is 25.0. The minimum absolute atomic E-state index is 0.132. The van der Waals surface area contributed by atoms with Crippen LogP contribution in [0.25, 0.3) is 43.8 Å². The van der Waals surface area contributed by atoms with Gasteiger partial charge in [0.2, 0.25) is 0 Å². The van der Waals surface area contributed by atoms with E-state index in [4.69, 9.17) is 0 Å². The van der Waals surface area contributed by atoms with Crippen molar-refractivity contribution < 1.29 is 10.2 Å². The lowest BCUT2D eigenvalue weighted by atomic mass is 9.86. The van der Waals surface area contributed by atoms with E-state index >= 15 is 0 Å². The Balaban J connectivity index is 2.02. The van der Waals surface area contributed by atoms with Crippen LogP contribution in [0.2, 0.25) is 0 Å². The summed E-state index contributed by atoms with van der Waals surface area (Å²) in [6.45, 7) is 0. The van der Waals surface area contributed by atoms with E-state index in [9.17, 15) is 10.2 Å². The van der Waals surface area contributed by atoms with E-state index in [1.54, 1.807) is 12.1 Å². The van der Waals surface area contributed by atoms with Crippen molar-refractivity contribution >= 4 is 21.5 Å². The van der Waals surface area contributed by atoms with Crippen LogP contribution in [-0.2, 0) is 0 Å². The second-order valence-corrected chi connectivity index (χ2v) is 6.91. The van der Waals surface area contributed by atoms with E-state index in [0.29, 0.717) is 5.56 Å². The lowest BCUT2D eigenvalue weighted by Crippen LogP contribution is -1.91. The van der Waals surface area contributed by atoms with Gasteiger partial charge in [-0.2, -0.15) is 0 Å². The van der Waals surface area contributed by atoms with Crippen LogP contribution in [0.3, 0.4) is 0 Å². The summed E-state index contributed by atoms with van der Waals surface area (Å²) < 4.78 is 0. The fourth-order valence-corrected chi connectivity index (χ4v) is 4.06. The van der Waals surface area contributed by atoms with E-state index in [1.807, 2.05) is 42.5 Å². The lowest BCUT2D eigenvalue weighted by molar-refractivity contribution is 0.462. The van der Waals surface area contributed by atoms with Crippen LogP contribution in [0.15, 0.2) is 97.1 Å². The molecule has 134 valence electrons. The summed E-state index contributed by atoms with van der Waals surface area (Å²) in [7, 11) is 0. The highest BCUT2D eigenvalue weighted by molar-refractivity contribution is 6.21. The van der Waals surface area contributed by atoms with E-state index in [-0.39, 0.29) is 11.5 Å². The standard InChI is InChI=1S/C26H18O2/c27-18-14-15-24(28)23(16-18)26-21-12-6-4-10-19(21)25(17-8-2-1-3-9-17)20-11-5-7-13-22(20)26/h1-16,27-28H. The molecule has 0 aliphatic heterocycles. The predicted octanol–water partition coefficient (Wildman–Crippen LogP) is 6.74. The number of phenolic OH excluding ortho intramolecular Hbond substituents is 2. The molecule has 2 N–H and O–H groups in total. The third-order valence-corrected chi connectivity index (χ3v) is 5.24. The van der Waals surface area contributed by atoms with Crippen molar-refractivity contribution in [2.75, 3.05) is 0 Å². The van der Waals surface area contributed by atoms with Crippen molar-refractivity contribution in [1.29, 1.82) is 0 Å². The van der Waals surface area contributed by atoms with Gasteiger partial charge in [0, 0.05) is 11.1 Å². The fraction of sp³-hybridized carbons (Fsp3) is 0. The van der Waals surface area contributed by atoms with Gasteiger partial charge in [-0.05, 0) is 50.9 Å². The van der Waals surface area contributed by atoms with Crippen LogP contribution in [0.4, 0.5) is 0 Å². The highest BCUT2D eigenvalue weighted by atomic mass is 16.3. The molecule has 0 saturated heterocycles. The molecule has 0 amide bonds. The average molecular weight is 362 g/mol. The van der Waals surface area contributed by atoms with E-state index in [0.717, 1.165) is 32.7 Å². The van der Waals surface area contributed by atoms with Crippen LogP contribution < -0.4 is 0 Å². The Morgan fingerprint density at radius 3 is 1.54 bits per heavy atom. The highest BCUT2D eigenvalue weighted by Gasteiger charge is 2.18. The van der Waals surface area contributed by atoms with Crippen LogP contribution >= 0.6 is 0 Å². The highest BCUT2D eigenvalue weighted by Crippen LogP contribution is 2.46. The second-order valence-electron chi connectivity index (χ2n) is 6.91. The Bertz CT molecular complexity index is 1260. The van der Waals surface area contributed by atoms with Gasteiger partial charge < -0.3 is 10.2 Å². The van der Waals surface area contributed by atoms with Crippen molar-refractivity contribution in [3.63, 3.8) is 0 Å². The SMILES string of the molecule is Oc1ccc(O)c(-c2c3ccccc3c(-c3ccccc3)c3ccccc23)c1. The topological polar surface area (TPSA) is 40.5 Å². The number of rotatable bonds is 2. The van der Waals surface area contributed by atoms with E-state index < -0.39 is 0 Å².